The van der Waals surface area contributed by atoms with Crippen LogP contribution in [-0.2, 0) is 17.6 Å². The number of halogens is 1. The Hall–Kier alpha value is -0.580. The second-order valence-corrected chi connectivity index (χ2v) is 8.06. The zero-order chi connectivity index (χ0) is 15.0. The third kappa shape index (κ3) is 3.34. The lowest BCUT2D eigenvalue weighted by Gasteiger charge is -2.37. The van der Waals surface area contributed by atoms with Crippen LogP contribution in [0.5, 0.6) is 0 Å². The zero-order valence-electron chi connectivity index (χ0n) is 13.5. The molecule has 0 aromatic carbocycles. The molecule has 2 aliphatic rings. The molecule has 0 saturated heterocycles. The molecule has 1 saturated carbocycles. The fourth-order valence-corrected chi connectivity index (χ4v) is 5.13. The summed E-state index contributed by atoms with van der Waals surface area (Å²) >= 11 is 1.78. The summed E-state index contributed by atoms with van der Waals surface area (Å²) < 4.78 is 0. The number of carbonyl (C=O) groups excluding carboxylic acids is 1. The van der Waals surface area contributed by atoms with E-state index in [-0.39, 0.29) is 29.8 Å². The van der Waals surface area contributed by atoms with Gasteiger partial charge in [-0.25, -0.2) is 0 Å². The molecule has 2 unspecified atom stereocenters. The minimum atomic E-state index is -0.354. The van der Waals surface area contributed by atoms with Gasteiger partial charge in [0.05, 0.1) is 10.9 Å². The van der Waals surface area contributed by atoms with Crippen molar-refractivity contribution in [2.75, 3.05) is 5.32 Å². The Morgan fingerprint density at radius 3 is 2.68 bits per heavy atom. The molecule has 3 rings (SSSR count). The van der Waals surface area contributed by atoms with Gasteiger partial charge in [0.25, 0.3) is 0 Å². The van der Waals surface area contributed by atoms with Crippen molar-refractivity contribution < 1.29 is 4.79 Å². The van der Waals surface area contributed by atoms with Gasteiger partial charge in [0.1, 0.15) is 0 Å². The Bertz CT molecular complexity index is 553. The van der Waals surface area contributed by atoms with Gasteiger partial charge < -0.3 is 11.1 Å². The Labute approximate surface area is 143 Å². The summed E-state index contributed by atoms with van der Waals surface area (Å²) in [6, 6.07) is 0. The van der Waals surface area contributed by atoms with E-state index in [0.717, 1.165) is 30.7 Å². The number of nitrogens with two attached hydrogens (primary N) is 1. The Kier molecular flexibility index (Phi) is 5.57. The fourth-order valence-electron chi connectivity index (χ4n) is 3.83. The highest BCUT2D eigenvalue weighted by atomic mass is 35.5. The first-order valence-electron chi connectivity index (χ1n) is 8.20. The van der Waals surface area contributed by atoms with Gasteiger partial charge in [-0.3, -0.25) is 4.79 Å². The molecule has 3 N–H and O–H groups in total. The van der Waals surface area contributed by atoms with E-state index >= 15 is 0 Å². The summed E-state index contributed by atoms with van der Waals surface area (Å²) in [6.07, 6.45) is 9.04. The maximum absolute atomic E-state index is 12.7. The molecule has 0 aliphatic heterocycles. The van der Waals surface area contributed by atoms with E-state index in [1.54, 1.807) is 11.3 Å². The van der Waals surface area contributed by atoms with E-state index < -0.39 is 0 Å². The highest BCUT2D eigenvalue weighted by Gasteiger charge is 2.38. The van der Waals surface area contributed by atoms with Crippen molar-refractivity contribution in [2.24, 2.45) is 11.7 Å². The van der Waals surface area contributed by atoms with Crippen LogP contribution in [0.2, 0.25) is 0 Å². The second-order valence-electron chi connectivity index (χ2n) is 6.96. The van der Waals surface area contributed by atoms with E-state index in [9.17, 15) is 4.79 Å². The Balaban J connectivity index is 0.00000176. The minimum Gasteiger partial charge on any atom is -0.325 e. The summed E-state index contributed by atoms with van der Waals surface area (Å²) in [4.78, 5) is 14.1. The van der Waals surface area contributed by atoms with Crippen LogP contribution in [0.3, 0.4) is 0 Å². The topological polar surface area (TPSA) is 55.1 Å². The highest BCUT2D eigenvalue weighted by molar-refractivity contribution is 7.16. The number of hydrogen-bond acceptors (Lipinski definition) is 3. The van der Waals surface area contributed by atoms with Crippen LogP contribution in [0, 0.1) is 12.8 Å². The van der Waals surface area contributed by atoms with Crippen LogP contribution in [0.25, 0.3) is 0 Å². The molecular formula is C17H27ClN2OS. The third-order valence-corrected chi connectivity index (χ3v) is 6.55. The van der Waals surface area contributed by atoms with Crippen molar-refractivity contribution in [3.8, 4) is 0 Å². The molecule has 1 aromatic heterocycles. The van der Waals surface area contributed by atoms with Gasteiger partial charge in [0.15, 0.2) is 0 Å². The standard InChI is InChI=1S/C17H26N2OS.ClH/c1-11-12-7-3-4-9-14(12)21-16(11)19-15(20)13-8-5-6-10-17(13,2)18;/h13H,3-10,18H2,1-2H3,(H,19,20);1H. The van der Waals surface area contributed by atoms with Crippen molar-refractivity contribution in [3.63, 3.8) is 0 Å². The number of thiophene rings is 1. The van der Waals surface area contributed by atoms with E-state index in [2.05, 4.69) is 12.2 Å². The summed E-state index contributed by atoms with van der Waals surface area (Å²) in [5.41, 5.74) is 8.78. The molecule has 2 aliphatic carbocycles. The number of hydrogen-bond donors (Lipinski definition) is 2. The van der Waals surface area contributed by atoms with Crippen LogP contribution in [-0.4, -0.2) is 11.4 Å². The van der Waals surface area contributed by atoms with Crippen molar-refractivity contribution in [2.45, 2.75) is 70.8 Å². The molecule has 22 heavy (non-hydrogen) atoms. The van der Waals surface area contributed by atoms with Crippen molar-refractivity contribution >= 4 is 34.7 Å². The molecule has 0 spiro atoms. The quantitative estimate of drug-likeness (QED) is 0.846. The number of anilines is 1. The van der Waals surface area contributed by atoms with Gasteiger partial charge in [-0.05, 0) is 63.5 Å². The van der Waals surface area contributed by atoms with Crippen molar-refractivity contribution in [1.82, 2.24) is 0 Å². The lowest BCUT2D eigenvalue weighted by Crippen LogP contribution is -2.51. The highest BCUT2D eigenvalue weighted by Crippen LogP contribution is 2.39. The second kappa shape index (κ2) is 6.90. The molecule has 0 radical (unpaired) electrons. The molecule has 124 valence electrons. The van der Waals surface area contributed by atoms with E-state index in [4.69, 9.17) is 5.73 Å². The number of nitrogens with one attached hydrogen (secondary N) is 1. The number of aryl methyl sites for hydroxylation is 1. The van der Waals surface area contributed by atoms with Crippen LogP contribution in [0.4, 0.5) is 5.00 Å². The van der Waals surface area contributed by atoms with Gasteiger partial charge in [-0.15, -0.1) is 23.7 Å². The average Bonchev–Trinajstić information content (AvgIpc) is 2.75. The zero-order valence-corrected chi connectivity index (χ0v) is 15.2. The minimum absolute atomic E-state index is 0. The monoisotopic (exact) mass is 342 g/mol. The van der Waals surface area contributed by atoms with Crippen molar-refractivity contribution in [1.29, 1.82) is 0 Å². The van der Waals surface area contributed by atoms with Gasteiger partial charge in [0, 0.05) is 10.4 Å². The predicted molar refractivity (Wildman–Crippen MR) is 96.1 cm³/mol. The first-order valence-corrected chi connectivity index (χ1v) is 9.01. The van der Waals surface area contributed by atoms with Gasteiger partial charge in [-0.1, -0.05) is 12.8 Å². The lowest BCUT2D eigenvalue weighted by molar-refractivity contribution is -0.122. The van der Waals surface area contributed by atoms with E-state index in [1.807, 2.05) is 6.92 Å². The van der Waals surface area contributed by atoms with Crippen molar-refractivity contribution in [3.05, 3.63) is 16.0 Å². The third-order valence-electron chi connectivity index (χ3n) is 5.24. The molecule has 5 heteroatoms. The van der Waals surface area contributed by atoms with Crippen LogP contribution < -0.4 is 11.1 Å². The number of amides is 1. The first kappa shape index (κ1) is 17.8. The van der Waals surface area contributed by atoms with E-state index in [0.29, 0.717) is 0 Å². The molecule has 1 heterocycles. The smallest absolute Gasteiger partial charge is 0.229 e. The number of fused-ring (bicyclic) bond motifs is 1. The molecule has 1 aromatic rings. The van der Waals surface area contributed by atoms with Gasteiger partial charge in [-0.2, -0.15) is 0 Å². The Morgan fingerprint density at radius 1 is 1.27 bits per heavy atom. The predicted octanol–water partition coefficient (Wildman–Crippen LogP) is 4.20. The molecule has 0 bridgehead atoms. The summed E-state index contributed by atoms with van der Waals surface area (Å²) in [5, 5.41) is 4.26. The maximum atomic E-state index is 12.7. The molecular weight excluding hydrogens is 316 g/mol. The lowest BCUT2D eigenvalue weighted by atomic mass is 9.74. The Morgan fingerprint density at radius 2 is 2.00 bits per heavy atom. The number of rotatable bonds is 2. The van der Waals surface area contributed by atoms with Crippen LogP contribution in [0.1, 0.15) is 61.5 Å². The first-order chi connectivity index (χ1) is 9.99. The fraction of sp³-hybridized carbons (Fsp3) is 0.706. The number of carbonyl (C=O) groups is 1. The summed E-state index contributed by atoms with van der Waals surface area (Å²) in [7, 11) is 0. The SMILES string of the molecule is Cc1c(NC(=O)C2CCCCC2(C)N)sc2c1CCCC2.Cl. The van der Waals surface area contributed by atoms with Crippen LogP contribution in [0.15, 0.2) is 0 Å². The average molecular weight is 343 g/mol. The molecule has 2 atom stereocenters. The maximum Gasteiger partial charge on any atom is 0.229 e. The van der Waals surface area contributed by atoms with E-state index in [1.165, 1.54) is 41.7 Å². The summed E-state index contributed by atoms with van der Waals surface area (Å²) in [5.74, 6) is 0.0752. The normalized spacial score (nSPS) is 27.7. The van der Waals surface area contributed by atoms with Gasteiger partial charge in [0.2, 0.25) is 5.91 Å². The van der Waals surface area contributed by atoms with Gasteiger partial charge >= 0.3 is 0 Å². The molecule has 1 amide bonds. The van der Waals surface area contributed by atoms with Crippen LogP contribution >= 0.6 is 23.7 Å². The molecule has 1 fully saturated rings. The summed E-state index contributed by atoms with van der Waals surface area (Å²) in [6.45, 7) is 4.18. The largest absolute Gasteiger partial charge is 0.325 e. The molecule has 3 nitrogen and oxygen atoms in total.